The largest absolute Gasteiger partial charge is 0.373 e. The number of aromatic nitrogens is 2. The summed E-state index contributed by atoms with van der Waals surface area (Å²) >= 11 is 0. The number of carbonyl (C=O) groups excluding carboxylic acids is 1. The molecule has 6 heteroatoms. The van der Waals surface area contributed by atoms with Crippen molar-refractivity contribution in [3.8, 4) is 0 Å². The van der Waals surface area contributed by atoms with Crippen LogP contribution in [0.5, 0.6) is 0 Å². The van der Waals surface area contributed by atoms with Gasteiger partial charge in [0.15, 0.2) is 6.61 Å². The molecular weight excluding hydrogens is 160 g/mol. The van der Waals surface area contributed by atoms with Crippen molar-refractivity contribution in [2.75, 3.05) is 0 Å². The van der Waals surface area contributed by atoms with Gasteiger partial charge in [-0.05, 0) is 0 Å². The maximum Gasteiger partial charge on any atom is 0.264 e. The highest BCUT2D eigenvalue weighted by atomic mass is 16.6. The topological polar surface area (TPSA) is 79.7 Å². The summed E-state index contributed by atoms with van der Waals surface area (Å²) in [6.45, 7) is 1.53. The Bertz CT molecular complexity index is 267. The molecule has 0 aliphatic carbocycles. The van der Waals surface area contributed by atoms with Crippen LogP contribution in [0.1, 0.15) is 12.6 Å². The van der Waals surface area contributed by atoms with Gasteiger partial charge in [-0.1, -0.05) is 5.11 Å². The number of imidazole rings is 1. The number of nitrogens with one attached hydrogen (secondary N) is 1. The van der Waals surface area contributed by atoms with Gasteiger partial charge in [-0.15, -0.1) is 0 Å². The molecule has 1 aromatic rings. The first-order valence-corrected chi connectivity index (χ1v) is 3.30. The van der Waals surface area contributed by atoms with Crippen molar-refractivity contribution in [1.29, 1.82) is 0 Å². The van der Waals surface area contributed by atoms with E-state index >= 15 is 0 Å². The van der Waals surface area contributed by atoms with E-state index in [1.807, 2.05) is 0 Å². The molecule has 0 radical (unpaired) electrons. The van der Waals surface area contributed by atoms with Crippen LogP contribution in [0, 0.1) is 0 Å². The molecule has 1 rings (SSSR count). The van der Waals surface area contributed by atoms with Crippen molar-refractivity contribution >= 4 is 5.91 Å². The third kappa shape index (κ3) is 2.91. The van der Waals surface area contributed by atoms with Crippen LogP contribution in [-0.2, 0) is 16.2 Å². The standard InChI is InChI=1S/C6H8N4O2/c1-5(11)9-10-12-3-6-2-7-4-8-6/h2,4H,3H2,1H3,(H,7,8). The van der Waals surface area contributed by atoms with Crippen LogP contribution in [0.2, 0.25) is 0 Å². The second-order valence-electron chi connectivity index (χ2n) is 2.05. The van der Waals surface area contributed by atoms with Gasteiger partial charge in [0.05, 0.1) is 18.2 Å². The van der Waals surface area contributed by atoms with E-state index in [1.54, 1.807) is 6.20 Å². The summed E-state index contributed by atoms with van der Waals surface area (Å²) in [5.41, 5.74) is 0.775. The quantitative estimate of drug-likeness (QED) is 0.536. The Hall–Kier alpha value is -1.72. The zero-order valence-corrected chi connectivity index (χ0v) is 6.52. The second-order valence-corrected chi connectivity index (χ2v) is 2.05. The molecule has 0 aromatic carbocycles. The third-order valence-corrected chi connectivity index (χ3v) is 1.01. The summed E-state index contributed by atoms with van der Waals surface area (Å²) < 4.78 is 0. The molecule has 0 atom stereocenters. The van der Waals surface area contributed by atoms with Crippen molar-refractivity contribution in [3.05, 3.63) is 18.2 Å². The van der Waals surface area contributed by atoms with E-state index in [1.165, 1.54) is 13.3 Å². The van der Waals surface area contributed by atoms with Gasteiger partial charge in [0, 0.05) is 12.2 Å². The molecule has 0 aliphatic heterocycles. The predicted molar refractivity (Wildman–Crippen MR) is 38.9 cm³/mol. The average Bonchev–Trinajstić information content (AvgIpc) is 2.49. The summed E-state index contributed by atoms with van der Waals surface area (Å²) in [6.07, 6.45) is 3.13. The minimum Gasteiger partial charge on any atom is -0.373 e. The number of rotatable bonds is 3. The molecule has 0 saturated heterocycles. The fourth-order valence-electron chi connectivity index (χ4n) is 0.548. The van der Waals surface area contributed by atoms with Crippen molar-refractivity contribution in [1.82, 2.24) is 9.97 Å². The van der Waals surface area contributed by atoms with Gasteiger partial charge in [0.1, 0.15) is 0 Å². The summed E-state index contributed by atoms with van der Waals surface area (Å²) in [4.78, 5) is 21.5. The van der Waals surface area contributed by atoms with Crippen LogP contribution in [0.25, 0.3) is 0 Å². The van der Waals surface area contributed by atoms with Crippen LogP contribution in [0.3, 0.4) is 0 Å². The summed E-state index contributed by atoms with van der Waals surface area (Å²) in [6, 6.07) is 0. The SMILES string of the molecule is CC(=O)N=NOCc1cnc[nH]1. The number of hydrogen-bond donors (Lipinski definition) is 1. The molecule has 1 amide bonds. The van der Waals surface area contributed by atoms with E-state index < -0.39 is 0 Å². The van der Waals surface area contributed by atoms with Crippen molar-refractivity contribution in [3.63, 3.8) is 0 Å². The summed E-state index contributed by atoms with van der Waals surface area (Å²) in [7, 11) is 0. The lowest BCUT2D eigenvalue weighted by atomic mass is 10.5. The van der Waals surface area contributed by atoms with Gasteiger partial charge in [-0.2, -0.15) is 0 Å². The van der Waals surface area contributed by atoms with Gasteiger partial charge in [0.25, 0.3) is 5.91 Å². The molecule has 64 valence electrons. The number of hydrogen-bond acceptors (Lipinski definition) is 4. The first-order chi connectivity index (χ1) is 5.79. The van der Waals surface area contributed by atoms with Gasteiger partial charge in [0.2, 0.25) is 0 Å². The van der Waals surface area contributed by atoms with Crippen LogP contribution >= 0.6 is 0 Å². The molecule has 1 N–H and O–H groups in total. The Kier molecular flexibility index (Phi) is 2.95. The van der Waals surface area contributed by atoms with E-state index in [-0.39, 0.29) is 12.5 Å². The number of carbonyl (C=O) groups is 1. The van der Waals surface area contributed by atoms with Crippen molar-refractivity contribution < 1.29 is 9.63 Å². The fourth-order valence-corrected chi connectivity index (χ4v) is 0.548. The van der Waals surface area contributed by atoms with Crippen LogP contribution < -0.4 is 0 Å². The van der Waals surface area contributed by atoms with Gasteiger partial charge < -0.3 is 9.82 Å². The molecule has 12 heavy (non-hydrogen) atoms. The summed E-state index contributed by atoms with van der Waals surface area (Å²) in [5.74, 6) is -0.389. The normalized spacial score (nSPS) is 10.4. The summed E-state index contributed by atoms with van der Waals surface area (Å²) in [5, 5.41) is 6.33. The minimum atomic E-state index is -0.389. The maximum atomic E-state index is 10.2. The molecule has 1 heterocycles. The molecular formula is C6H8N4O2. The number of nitrogens with zero attached hydrogens (tertiary/aromatic N) is 3. The highest BCUT2D eigenvalue weighted by Gasteiger charge is 1.91. The molecule has 0 saturated carbocycles. The molecule has 0 bridgehead atoms. The van der Waals surface area contributed by atoms with Crippen LogP contribution in [-0.4, -0.2) is 15.9 Å². The van der Waals surface area contributed by atoms with Crippen LogP contribution in [0.15, 0.2) is 22.9 Å². The predicted octanol–water partition coefficient (Wildman–Crippen LogP) is 0.840. The number of amides is 1. The lowest BCUT2D eigenvalue weighted by Crippen LogP contribution is -1.87. The lowest BCUT2D eigenvalue weighted by molar-refractivity contribution is -0.117. The second kappa shape index (κ2) is 4.22. The minimum absolute atomic E-state index is 0.233. The lowest BCUT2D eigenvalue weighted by Gasteiger charge is -1.91. The van der Waals surface area contributed by atoms with Gasteiger partial charge in [-0.3, -0.25) is 4.79 Å². The Labute approximate surface area is 68.6 Å². The van der Waals surface area contributed by atoms with Crippen molar-refractivity contribution in [2.45, 2.75) is 13.5 Å². The average molecular weight is 168 g/mol. The Morgan fingerprint density at radius 3 is 3.25 bits per heavy atom. The maximum absolute atomic E-state index is 10.2. The van der Waals surface area contributed by atoms with E-state index in [0.29, 0.717) is 0 Å². The van der Waals surface area contributed by atoms with Crippen molar-refractivity contribution in [2.24, 2.45) is 10.4 Å². The smallest absolute Gasteiger partial charge is 0.264 e. The first-order valence-electron chi connectivity index (χ1n) is 3.30. The fraction of sp³-hybridized carbons (Fsp3) is 0.333. The van der Waals surface area contributed by atoms with E-state index in [9.17, 15) is 4.79 Å². The Balaban J connectivity index is 2.23. The van der Waals surface area contributed by atoms with E-state index in [0.717, 1.165) is 5.69 Å². The van der Waals surface area contributed by atoms with E-state index in [4.69, 9.17) is 0 Å². The highest BCUT2D eigenvalue weighted by molar-refractivity contribution is 5.72. The molecule has 0 unspecified atom stereocenters. The number of H-pyrrole nitrogens is 1. The molecule has 0 spiro atoms. The molecule has 1 aromatic heterocycles. The molecule has 0 fully saturated rings. The highest BCUT2D eigenvalue weighted by Crippen LogP contribution is 1.94. The van der Waals surface area contributed by atoms with Gasteiger partial charge >= 0.3 is 0 Å². The van der Waals surface area contributed by atoms with Crippen LogP contribution in [0.4, 0.5) is 0 Å². The molecule has 0 aliphatic rings. The third-order valence-electron chi connectivity index (χ3n) is 1.01. The Morgan fingerprint density at radius 1 is 1.83 bits per heavy atom. The van der Waals surface area contributed by atoms with E-state index in [2.05, 4.69) is 25.2 Å². The Morgan fingerprint density at radius 2 is 2.67 bits per heavy atom. The number of aromatic amines is 1. The first kappa shape index (κ1) is 8.38. The van der Waals surface area contributed by atoms with Gasteiger partial charge in [-0.25, -0.2) is 4.98 Å². The zero-order chi connectivity index (χ0) is 8.81. The zero-order valence-electron chi connectivity index (χ0n) is 6.52. The monoisotopic (exact) mass is 168 g/mol. The molecule has 6 nitrogen and oxygen atoms in total.